The zero-order valence-electron chi connectivity index (χ0n) is 21.5. The number of benzene rings is 1. The first kappa shape index (κ1) is 26.3. The molecule has 0 saturated carbocycles. The lowest BCUT2D eigenvalue weighted by molar-refractivity contribution is 0.0256. The molecule has 5 rings (SSSR count). The van der Waals surface area contributed by atoms with Crippen LogP contribution in [0.1, 0.15) is 46.7 Å². The number of pyridine rings is 1. The van der Waals surface area contributed by atoms with Gasteiger partial charge < -0.3 is 14.4 Å². The number of urea groups is 1. The summed E-state index contributed by atoms with van der Waals surface area (Å²) in [4.78, 5) is 31.2. The van der Waals surface area contributed by atoms with E-state index in [9.17, 15) is 22.8 Å². The standard InChI is InChI=1S/C27H26F3N5O4/c1-4-38-26(36)25-15(2)7-16(3)34(25)24-11-23(21(30)12-31-24)39-20-13-33(14-20)27(37)35-22(5-6-32-35)17-8-18(28)10-19(29)9-17/h6-12,20,22H,4-5,13-14H2,1-3H3/t22-/m0/s1. The largest absolute Gasteiger partial charge is 0.483 e. The van der Waals surface area contributed by atoms with Gasteiger partial charge in [0.2, 0.25) is 0 Å². The predicted octanol–water partition coefficient (Wildman–Crippen LogP) is 4.70. The van der Waals surface area contributed by atoms with E-state index in [0.717, 1.165) is 12.3 Å². The van der Waals surface area contributed by atoms with Gasteiger partial charge in [0, 0.05) is 30.5 Å². The highest BCUT2D eigenvalue weighted by Gasteiger charge is 2.39. The highest BCUT2D eigenvalue weighted by molar-refractivity contribution is 5.90. The summed E-state index contributed by atoms with van der Waals surface area (Å²) >= 11 is 0. The van der Waals surface area contributed by atoms with Crippen molar-refractivity contribution in [1.82, 2.24) is 19.5 Å². The monoisotopic (exact) mass is 541 g/mol. The van der Waals surface area contributed by atoms with Gasteiger partial charge in [-0.25, -0.2) is 32.8 Å². The number of carbonyl (C=O) groups is 2. The van der Waals surface area contributed by atoms with E-state index in [1.165, 1.54) is 34.3 Å². The Hall–Kier alpha value is -4.35. The molecule has 9 nitrogen and oxygen atoms in total. The summed E-state index contributed by atoms with van der Waals surface area (Å²) in [6.45, 7) is 5.79. The van der Waals surface area contributed by atoms with Gasteiger partial charge in [0.1, 0.15) is 29.3 Å². The molecule has 1 aromatic carbocycles. The lowest BCUT2D eigenvalue weighted by Crippen LogP contribution is -2.58. The highest BCUT2D eigenvalue weighted by Crippen LogP contribution is 2.32. The van der Waals surface area contributed by atoms with Crippen LogP contribution in [-0.4, -0.2) is 63.5 Å². The van der Waals surface area contributed by atoms with Gasteiger partial charge in [0.05, 0.1) is 31.9 Å². The molecule has 0 aliphatic carbocycles. The van der Waals surface area contributed by atoms with Crippen LogP contribution >= 0.6 is 0 Å². The number of hydrazone groups is 1. The Labute approximate surface area is 222 Å². The van der Waals surface area contributed by atoms with E-state index in [4.69, 9.17) is 9.47 Å². The molecule has 2 aromatic heterocycles. The van der Waals surface area contributed by atoms with Crippen molar-refractivity contribution in [2.45, 2.75) is 39.3 Å². The van der Waals surface area contributed by atoms with Crippen LogP contribution in [0.15, 0.2) is 41.6 Å². The minimum absolute atomic E-state index is 0.0787. The van der Waals surface area contributed by atoms with E-state index in [0.29, 0.717) is 28.9 Å². The zero-order valence-corrected chi connectivity index (χ0v) is 21.5. The molecule has 1 fully saturated rings. The van der Waals surface area contributed by atoms with Crippen molar-refractivity contribution in [1.29, 1.82) is 0 Å². The Bertz CT molecular complexity index is 1450. The quantitative estimate of drug-likeness (QED) is 0.422. The number of amides is 2. The van der Waals surface area contributed by atoms with Gasteiger partial charge in [0.15, 0.2) is 11.6 Å². The Kier molecular flexibility index (Phi) is 7.02. The molecule has 4 heterocycles. The zero-order chi connectivity index (χ0) is 27.8. The number of rotatable bonds is 6. The smallest absolute Gasteiger partial charge is 0.355 e. The average molecular weight is 542 g/mol. The van der Waals surface area contributed by atoms with Gasteiger partial charge in [-0.2, -0.15) is 5.10 Å². The summed E-state index contributed by atoms with van der Waals surface area (Å²) in [7, 11) is 0. The van der Waals surface area contributed by atoms with Crippen LogP contribution in [-0.2, 0) is 4.74 Å². The lowest BCUT2D eigenvalue weighted by Gasteiger charge is -2.41. The first-order valence-electron chi connectivity index (χ1n) is 12.4. The molecule has 0 bridgehead atoms. The predicted molar refractivity (Wildman–Crippen MR) is 134 cm³/mol. The van der Waals surface area contributed by atoms with Crippen molar-refractivity contribution in [3.63, 3.8) is 0 Å². The fraction of sp³-hybridized carbons (Fsp3) is 0.333. The van der Waals surface area contributed by atoms with Crippen LogP contribution < -0.4 is 4.74 Å². The van der Waals surface area contributed by atoms with E-state index < -0.39 is 41.6 Å². The molecule has 2 aliphatic rings. The van der Waals surface area contributed by atoms with Crippen LogP contribution in [0, 0.1) is 31.3 Å². The number of ether oxygens (including phenoxy) is 2. The second-order valence-electron chi connectivity index (χ2n) is 9.37. The summed E-state index contributed by atoms with van der Waals surface area (Å²) < 4.78 is 54.7. The Morgan fingerprint density at radius 2 is 1.77 bits per heavy atom. The summed E-state index contributed by atoms with van der Waals surface area (Å²) in [5, 5.41) is 5.28. The molecule has 1 atom stereocenters. The molecular weight excluding hydrogens is 515 g/mol. The van der Waals surface area contributed by atoms with Crippen molar-refractivity contribution in [3.8, 4) is 11.6 Å². The molecule has 0 N–H and O–H groups in total. The summed E-state index contributed by atoms with van der Waals surface area (Å²) in [6, 6.07) is 5.24. The minimum Gasteiger partial charge on any atom is -0.483 e. The van der Waals surface area contributed by atoms with E-state index >= 15 is 0 Å². The van der Waals surface area contributed by atoms with Crippen molar-refractivity contribution < 1.29 is 32.2 Å². The molecule has 39 heavy (non-hydrogen) atoms. The van der Waals surface area contributed by atoms with Crippen LogP contribution in [0.4, 0.5) is 18.0 Å². The van der Waals surface area contributed by atoms with Crippen LogP contribution in [0.3, 0.4) is 0 Å². The fourth-order valence-corrected chi connectivity index (χ4v) is 4.80. The third-order valence-electron chi connectivity index (χ3n) is 6.59. The summed E-state index contributed by atoms with van der Waals surface area (Å²) in [5.41, 5.74) is 1.99. The topological polar surface area (TPSA) is 89.3 Å². The van der Waals surface area contributed by atoms with Crippen LogP contribution in [0.25, 0.3) is 5.82 Å². The van der Waals surface area contributed by atoms with E-state index in [2.05, 4.69) is 10.1 Å². The maximum Gasteiger partial charge on any atom is 0.355 e. The number of nitrogens with zero attached hydrogens (tertiary/aromatic N) is 5. The number of carbonyl (C=O) groups excluding carboxylic acids is 2. The Morgan fingerprint density at radius 1 is 1.05 bits per heavy atom. The number of esters is 1. The molecular formula is C27H26F3N5O4. The minimum atomic E-state index is -0.736. The van der Waals surface area contributed by atoms with Crippen molar-refractivity contribution >= 4 is 18.2 Å². The van der Waals surface area contributed by atoms with Gasteiger partial charge >= 0.3 is 12.0 Å². The molecule has 0 radical (unpaired) electrons. The van der Waals surface area contributed by atoms with E-state index in [1.54, 1.807) is 31.4 Å². The van der Waals surface area contributed by atoms with Gasteiger partial charge in [0.25, 0.3) is 0 Å². The number of likely N-dealkylation sites (tertiary alicyclic amines) is 1. The average Bonchev–Trinajstić information content (AvgIpc) is 3.45. The first-order valence-corrected chi connectivity index (χ1v) is 12.4. The van der Waals surface area contributed by atoms with Crippen molar-refractivity contribution in [2.75, 3.05) is 19.7 Å². The lowest BCUT2D eigenvalue weighted by atomic mass is 10.0. The summed E-state index contributed by atoms with van der Waals surface area (Å²) in [5.74, 6) is -2.48. The number of aryl methyl sites for hydroxylation is 2. The molecule has 0 unspecified atom stereocenters. The molecule has 2 aliphatic heterocycles. The first-order chi connectivity index (χ1) is 18.7. The normalized spacial score (nSPS) is 16.9. The van der Waals surface area contributed by atoms with Gasteiger partial charge in [-0.1, -0.05) is 0 Å². The maximum absolute atomic E-state index is 14.6. The van der Waals surface area contributed by atoms with Crippen molar-refractivity contribution in [2.24, 2.45) is 5.10 Å². The van der Waals surface area contributed by atoms with E-state index in [1.807, 2.05) is 0 Å². The number of halogens is 3. The van der Waals surface area contributed by atoms with Crippen LogP contribution in [0.5, 0.6) is 5.75 Å². The molecule has 3 aromatic rings. The van der Waals surface area contributed by atoms with Gasteiger partial charge in [-0.3, -0.25) is 4.57 Å². The summed E-state index contributed by atoms with van der Waals surface area (Å²) in [6.07, 6.45) is 2.34. The number of hydrogen-bond donors (Lipinski definition) is 0. The molecule has 204 valence electrons. The second kappa shape index (κ2) is 10.4. The molecule has 2 amide bonds. The Morgan fingerprint density at radius 3 is 2.46 bits per heavy atom. The third-order valence-corrected chi connectivity index (χ3v) is 6.59. The molecule has 1 saturated heterocycles. The number of hydrogen-bond acceptors (Lipinski definition) is 6. The highest BCUT2D eigenvalue weighted by atomic mass is 19.1. The van der Waals surface area contributed by atoms with Crippen LogP contribution in [0.2, 0.25) is 0 Å². The van der Waals surface area contributed by atoms with Gasteiger partial charge in [-0.05, 0) is 50.1 Å². The third kappa shape index (κ3) is 5.06. The molecule has 0 spiro atoms. The second-order valence-corrected chi connectivity index (χ2v) is 9.37. The number of aromatic nitrogens is 2. The van der Waals surface area contributed by atoms with E-state index in [-0.39, 0.29) is 31.3 Å². The Balaban J connectivity index is 1.28. The molecule has 12 heteroatoms. The SMILES string of the molecule is CCOC(=O)c1c(C)cc(C)n1-c1cc(OC2CN(C(=O)N3N=CC[C@H]3c3cc(F)cc(F)c3)C2)c(F)cn1. The van der Waals surface area contributed by atoms with Crippen molar-refractivity contribution in [3.05, 3.63) is 76.5 Å². The fourth-order valence-electron chi connectivity index (χ4n) is 4.80. The maximum atomic E-state index is 14.6. The van der Waals surface area contributed by atoms with Gasteiger partial charge in [-0.15, -0.1) is 0 Å².